The van der Waals surface area contributed by atoms with Crippen molar-refractivity contribution in [3.05, 3.63) is 0 Å². The third kappa shape index (κ3) is 3.28. The van der Waals surface area contributed by atoms with E-state index in [-0.39, 0.29) is 0 Å². The Morgan fingerprint density at radius 3 is 2.15 bits per heavy atom. The lowest BCUT2D eigenvalue weighted by molar-refractivity contribution is -0.00563. The van der Waals surface area contributed by atoms with Crippen LogP contribution in [0.25, 0.3) is 0 Å². The minimum Gasteiger partial charge on any atom is -0.390 e. The highest BCUT2D eigenvalue weighted by atomic mass is 16.3. The number of aliphatic hydroxyl groups is 1. The van der Waals surface area contributed by atoms with E-state index in [0.717, 1.165) is 12.5 Å². The molecule has 1 aliphatic rings. The van der Waals surface area contributed by atoms with Crippen LogP contribution in [0.15, 0.2) is 0 Å². The van der Waals surface area contributed by atoms with E-state index in [0.29, 0.717) is 5.92 Å². The van der Waals surface area contributed by atoms with Gasteiger partial charge in [-0.3, -0.25) is 0 Å². The van der Waals surface area contributed by atoms with Crippen molar-refractivity contribution in [1.82, 2.24) is 5.32 Å². The van der Waals surface area contributed by atoms with Gasteiger partial charge in [-0.1, -0.05) is 0 Å². The van der Waals surface area contributed by atoms with E-state index >= 15 is 0 Å². The molecule has 0 aliphatic heterocycles. The molecular weight excluding hydrogens is 162 g/mol. The summed E-state index contributed by atoms with van der Waals surface area (Å²) in [6.45, 7) is 5.02. The average Bonchev–Trinajstić information content (AvgIpc) is 2.04. The van der Waals surface area contributed by atoms with Crippen LogP contribution in [0.1, 0.15) is 39.5 Å². The molecule has 0 amide bonds. The molecule has 2 heteroatoms. The van der Waals surface area contributed by atoms with Crippen molar-refractivity contribution in [2.24, 2.45) is 11.8 Å². The van der Waals surface area contributed by atoms with Gasteiger partial charge in [0.15, 0.2) is 0 Å². The number of hydrogen-bond donors (Lipinski definition) is 2. The van der Waals surface area contributed by atoms with Crippen LogP contribution in [0.4, 0.5) is 0 Å². The molecule has 0 atom stereocenters. The molecule has 13 heavy (non-hydrogen) atoms. The Labute approximate surface area is 81.7 Å². The van der Waals surface area contributed by atoms with E-state index < -0.39 is 5.60 Å². The van der Waals surface area contributed by atoms with Crippen molar-refractivity contribution < 1.29 is 5.11 Å². The first-order chi connectivity index (χ1) is 6.04. The predicted octanol–water partition coefficient (Wildman–Crippen LogP) is 1.78. The van der Waals surface area contributed by atoms with Crippen molar-refractivity contribution in [2.75, 3.05) is 13.6 Å². The quantitative estimate of drug-likeness (QED) is 0.702. The number of hydrogen-bond acceptors (Lipinski definition) is 2. The molecule has 1 saturated carbocycles. The SMILES string of the molecule is CNC[C@H]1CC[C@H](C(C)(C)O)CC1. The molecule has 1 rings (SSSR count). The normalized spacial score (nSPS) is 30.5. The maximum absolute atomic E-state index is 9.84. The zero-order valence-electron chi connectivity index (χ0n) is 9.14. The molecule has 0 unspecified atom stereocenters. The molecule has 1 fully saturated rings. The van der Waals surface area contributed by atoms with Gasteiger partial charge in [0.2, 0.25) is 0 Å². The van der Waals surface area contributed by atoms with Crippen LogP contribution in [0.5, 0.6) is 0 Å². The lowest BCUT2D eigenvalue weighted by Gasteiger charge is -2.35. The Kier molecular flexibility index (Phi) is 3.74. The molecule has 2 nitrogen and oxygen atoms in total. The second-order valence-electron chi connectivity index (χ2n) is 4.93. The van der Waals surface area contributed by atoms with E-state index in [1.54, 1.807) is 0 Å². The van der Waals surface area contributed by atoms with E-state index in [9.17, 15) is 5.11 Å². The highest BCUT2D eigenvalue weighted by molar-refractivity contribution is 4.83. The smallest absolute Gasteiger partial charge is 0.0619 e. The molecule has 0 spiro atoms. The summed E-state index contributed by atoms with van der Waals surface area (Å²) in [6.07, 6.45) is 4.93. The molecule has 0 heterocycles. The summed E-state index contributed by atoms with van der Waals surface area (Å²) in [5.74, 6) is 1.35. The summed E-state index contributed by atoms with van der Waals surface area (Å²) in [5, 5.41) is 13.1. The summed E-state index contributed by atoms with van der Waals surface area (Å²) in [5.41, 5.74) is -0.468. The third-order valence-electron chi connectivity index (χ3n) is 3.34. The van der Waals surface area contributed by atoms with Crippen molar-refractivity contribution >= 4 is 0 Å². The predicted molar refractivity (Wildman–Crippen MR) is 55.7 cm³/mol. The Morgan fingerprint density at radius 2 is 1.77 bits per heavy atom. The van der Waals surface area contributed by atoms with Crippen molar-refractivity contribution in [2.45, 2.75) is 45.1 Å². The lowest BCUT2D eigenvalue weighted by Crippen LogP contribution is -2.35. The Hall–Kier alpha value is -0.0800. The maximum atomic E-state index is 9.84. The van der Waals surface area contributed by atoms with Crippen molar-refractivity contribution in [1.29, 1.82) is 0 Å². The summed E-state index contributed by atoms with van der Waals surface area (Å²) in [7, 11) is 2.02. The van der Waals surface area contributed by atoms with Crippen LogP contribution in [0.2, 0.25) is 0 Å². The van der Waals surface area contributed by atoms with Gasteiger partial charge in [0, 0.05) is 0 Å². The molecule has 0 aromatic carbocycles. The van der Waals surface area contributed by atoms with Crippen LogP contribution >= 0.6 is 0 Å². The second-order valence-corrected chi connectivity index (χ2v) is 4.93. The summed E-state index contributed by atoms with van der Waals surface area (Å²) in [4.78, 5) is 0. The van der Waals surface area contributed by atoms with Gasteiger partial charge in [-0.25, -0.2) is 0 Å². The molecule has 0 saturated heterocycles. The van der Waals surface area contributed by atoms with Gasteiger partial charge in [0.25, 0.3) is 0 Å². The van der Waals surface area contributed by atoms with E-state index in [1.807, 2.05) is 20.9 Å². The van der Waals surface area contributed by atoms with Crippen LogP contribution < -0.4 is 5.32 Å². The molecule has 2 N–H and O–H groups in total. The Morgan fingerprint density at radius 1 is 1.23 bits per heavy atom. The van der Waals surface area contributed by atoms with Gasteiger partial charge in [-0.15, -0.1) is 0 Å². The molecule has 0 aromatic rings. The van der Waals surface area contributed by atoms with Crippen LogP contribution in [0.3, 0.4) is 0 Å². The molecular formula is C11H23NO. The van der Waals surface area contributed by atoms with Crippen molar-refractivity contribution in [3.8, 4) is 0 Å². The van der Waals surface area contributed by atoms with E-state index in [1.165, 1.54) is 25.7 Å². The number of rotatable bonds is 3. The minimum absolute atomic E-state index is 0.468. The first-order valence-electron chi connectivity index (χ1n) is 5.41. The fourth-order valence-electron chi connectivity index (χ4n) is 2.36. The van der Waals surface area contributed by atoms with E-state index in [2.05, 4.69) is 5.32 Å². The topological polar surface area (TPSA) is 32.3 Å². The van der Waals surface area contributed by atoms with Crippen LogP contribution in [-0.4, -0.2) is 24.3 Å². The molecule has 0 aromatic heterocycles. The van der Waals surface area contributed by atoms with Gasteiger partial charge in [-0.2, -0.15) is 0 Å². The average molecular weight is 185 g/mol. The van der Waals surface area contributed by atoms with Gasteiger partial charge in [0.05, 0.1) is 5.60 Å². The van der Waals surface area contributed by atoms with Gasteiger partial charge >= 0.3 is 0 Å². The zero-order valence-corrected chi connectivity index (χ0v) is 9.14. The highest BCUT2D eigenvalue weighted by Crippen LogP contribution is 2.34. The third-order valence-corrected chi connectivity index (χ3v) is 3.34. The summed E-state index contributed by atoms with van der Waals surface area (Å²) < 4.78 is 0. The fraction of sp³-hybridized carbons (Fsp3) is 1.00. The van der Waals surface area contributed by atoms with Crippen LogP contribution in [0, 0.1) is 11.8 Å². The van der Waals surface area contributed by atoms with Gasteiger partial charge in [-0.05, 0) is 65.0 Å². The first kappa shape index (κ1) is 11.0. The highest BCUT2D eigenvalue weighted by Gasteiger charge is 2.30. The Balaban J connectivity index is 2.30. The largest absolute Gasteiger partial charge is 0.390 e. The van der Waals surface area contributed by atoms with Crippen LogP contribution in [-0.2, 0) is 0 Å². The van der Waals surface area contributed by atoms with Crippen molar-refractivity contribution in [3.63, 3.8) is 0 Å². The first-order valence-corrected chi connectivity index (χ1v) is 5.41. The summed E-state index contributed by atoms with van der Waals surface area (Å²) >= 11 is 0. The molecule has 0 bridgehead atoms. The monoisotopic (exact) mass is 185 g/mol. The second kappa shape index (κ2) is 4.43. The Bertz CT molecular complexity index is 143. The zero-order chi connectivity index (χ0) is 9.90. The fourth-order valence-corrected chi connectivity index (χ4v) is 2.36. The molecule has 0 radical (unpaired) electrons. The van der Waals surface area contributed by atoms with Gasteiger partial charge in [0.1, 0.15) is 0 Å². The summed E-state index contributed by atoms with van der Waals surface area (Å²) in [6, 6.07) is 0. The number of nitrogens with one attached hydrogen (secondary N) is 1. The molecule has 78 valence electrons. The standard InChI is InChI=1S/C11H23NO/c1-11(2,13)10-6-4-9(5-7-10)8-12-3/h9-10,12-13H,4-8H2,1-3H3/t9-,10-. The van der Waals surface area contributed by atoms with E-state index in [4.69, 9.17) is 0 Å². The lowest BCUT2D eigenvalue weighted by atomic mass is 9.75. The van der Waals surface area contributed by atoms with Gasteiger partial charge < -0.3 is 10.4 Å². The maximum Gasteiger partial charge on any atom is 0.0619 e. The minimum atomic E-state index is -0.468. The molecule has 1 aliphatic carbocycles.